The van der Waals surface area contributed by atoms with Gasteiger partial charge in [-0.1, -0.05) is 29.0 Å². The van der Waals surface area contributed by atoms with Gasteiger partial charge in [-0.25, -0.2) is 18.4 Å². The van der Waals surface area contributed by atoms with Crippen molar-refractivity contribution in [3.63, 3.8) is 0 Å². The van der Waals surface area contributed by atoms with Gasteiger partial charge in [0.25, 0.3) is 10.0 Å². The maximum absolute atomic E-state index is 12.5. The molecule has 0 bridgehead atoms. The zero-order chi connectivity index (χ0) is 18.1. The summed E-state index contributed by atoms with van der Waals surface area (Å²) in [6, 6.07) is 17.7. The number of rotatable bonds is 4. The number of hydrogen-bond acceptors (Lipinski definition) is 5. The van der Waals surface area contributed by atoms with Gasteiger partial charge in [0, 0.05) is 17.4 Å². The van der Waals surface area contributed by atoms with Crippen molar-refractivity contribution in [3.8, 4) is 10.6 Å². The zero-order valence-electron chi connectivity index (χ0n) is 13.9. The van der Waals surface area contributed by atoms with E-state index in [0.717, 1.165) is 26.5 Å². The minimum atomic E-state index is -3.60. The normalized spacial score (nSPS) is 11.6. The number of aryl methyl sites for hydroxylation is 1. The molecule has 0 saturated carbocycles. The van der Waals surface area contributed by atoms with Crippen LogP contribution in [0.3, 0.4) is 0 Å². The maximum Gasteiger partial charge on any atom is 0.261 e. The first-order valence-electron chi connectivity index (χ1n) is 7.93. The van der Waals surface area contributed by atoms with Crippen molar-refractivity contribution in [2.75, 3.05) is 4.72 Å². The first-order chi connectivity index (χ1) is 12.5. The molecule has 0 spiro atoms. The smallest absolute Gasteiger partial charge is 0.261 e. The van der Waals surface area contributed by atoms with E-state index in [9.17, 15) is 8.42 Å². The van der Waals surface area contributed by atoms with E-state index in [4.69, 9.17) is 0 Å². The number of pyridine rings is 1. The minimum Gasteiger partial charge on any atom is -0.280 e. The van der Waals surface area contributed by atoms with Crippen LogP contribution in [0, 0.1) is 6.92 Å². The highest BCUT2D eigenvalue weighted by Gasteiger charge is 2.14. The molecule has 130 valence electrons. The molecule has 0 amide bonds. The van der Waals surface area contributed by atoms with Crippen LogP contribution in [0.25, 0.3) is 20.9 Å². The van der Waals surface area contributed by atoms with Crippen molar-refractivity contribution in [2.24, 2.45) is 0 Å². The standard InChI is InChI=1S/C19H15N3O2S2/c1-13-4-10-16(11-5-13)26(23,24)22-15-8-6-14(7-9-15)18-21-17-3-2-12-20-19(17)25-18/h2-12,22H,1H3. The lowest BCUT2D eigenvalue weighted by atomic mass is 10.2. The average Bonchev–Trinajstić information content (AvgIpc) is 3.06. The summed E-state index contributed by atoms with van der Waals surface area (Å²) in [5.41, 5.74) is 3.30. The molecule has 0 aliphatic rings. The molecule has 1 N–H and O–H groups in total. The maximum atomic E-state index is 12.5. The fourth-order valence-corrected chi connectivity index (χ4v) is 4.48. The van der Waals surface area contributed by atoms with Crippen molar-refractivity contribution in [1.82, 2.24) is 9.97 Å². The second-order valence-corrected chi connectivity index (χ2v) is 8.50. The molecule has 4 aromatic rings. The zero-order valence-corrected chi connectivity index (χ0v) is 15.5. The summed E-state index contributed by atoms with van der Waals surface area (Å²) in [7, 11) is -3.60. The van der Waals surface area contributed by atoms with Crippen LogP contribution in [-0.4, -0.2) is 18.4 Å². The topological polar surface area (TPSA) is 72.0 Å². The third kappa shape index (κ3) is 3.31. The SMILES string of the molecule is Cc1ccc(S(=O)(=O)Nc2ccc(-c3nc4cccnc4s3)cc2)cc1. The summed E-state index contributed by atoms with van der Waals surface area (Å²) in [5.74, 6) is 0. The van der Waals surface area contributed by atoms with Gasteiger partial charge in [-0.3, -0.25) is 4.72 Å². The molecular weight excluding hydrogens is 366 g/mol. The van der Waals surface area contributed by atoms with Crippen LogP contribution >= 0.6 is 11.3 Å². The van der Waals surface area contributed by atoms with Crippen molar-refractivity contribution >= 4 is 37.4 Å². The van der Waals surface area contributed by atoms with E-state index >= 15 is 0 Å². The first kappa shape index (κ1) is 16.7. The van der Waals surface area contributed by atoms with Gasteiger partial charge >= 0.3 is 0 Å². The van der Waals surface area contributed by atoms with Gasteiger partial charge in [-0.15, -0.1) is 0 Å². The predicted octanol–water partition coefficient (Wildman–Crippen LogP) is 4.47. The molecule has 0 fully saturated rings. The molecule has 2 heterocycles. The van der Waals surface area contributed by atoms with Crippen LogP contribution in [0.5, 0.6) is 0 Å². The van der Waals surface area contributed by atoms with Crippen LogP contribution in [0.15, 0.2) is 71.8 Å². The van der Waals surface area contributed by atoms with E-state index < -0.39 is 10.0 Å². The van der Waals surface area contributed by atoms with E-state index in [2.05, 4.69) is 14.7 Å². The van der Waals surface area contributed by atoms with Gasteiger partial charge in [0.1, 0.15) is 15.4 Å². The van der Waals surface area contributed by atoms with Gasteiger partial charge in [0.05, 0.1) is 4.90 Å². The number of fused-ring (bicyclic) bond motifs is 1. The number of nitrogens with one attached hydrogen (secondary N) is 1. The molecular formula is C19H15N3O2S2. The third-order valence-corrected chi connectivity index (χ3v) is 6.31. The predicted molar refractivity (Wildman–Crippen MR) is 105 cm³/mol. The number of anilines is 1. The van der Waals surface area contributed by atoms with Crippen LogP contribution in [0.4, 0.5) is 5.69 Å². The number of sulfonamides is 1. The quantitative estimate of drug-likeness (QED) is 0.566. The molecule has 4 rings (SSSR count). The van der Waals surface area contributed by atoms with Gasteiger partial charge in [0.2, 0.25) is 0 Å². The number of hydrogen-bond donors (Lipinski definition) is 1. The Morgan fingerprint density at radius 3 is 2.38 bits per heavy atom. The van der Waals surface area contributed by atoms with E-state index in [1.165, 1.54) is 11.3 Å². The lowest BCUT2D eigenvalue weighted by Gasteiger charge is -2.08. The monoisotopic (exact) mass is 381 g/mol. The van der Waals surface area contributed by atoms with E-state index in [0.29, 0.717) is 5.69 Å². The van der Waals surface area contributed by atoms with Gasteiger partial charge in [0.15, 0.2) is 0 Å². The third-order valence-electron chi connectivity index (χ3n) is 3.88. The molecule has 26 heavy (non-hydrogen) atoms. The Kier molecular flexibility index (Phi) is 4.18. The van der Waals surface area contributed by atoms with Crippen molar-refractivity contribution in [2.45, 2.75) is 11.8 Å². The molecule has 2 aromatic heterocycles. The Morgan fingerprint density at radius 2 is 1.69 bits per heavy atom. The summed E-state index contributed by atoms with van der Waals surface area (Å²) < 4.78 is 27.5. The fraction of sp³-hybridized carbons (Fsp3) is 0.0526. The Morgan fingerprint density at radius 1 is 0.962 bits per heavy atom. The molecule has 0 atom stereocenters. The molecule has 7 heteroatoms. The first-order valence-corrected chi connectivity index (χ1v) is 10.2. The van der Waals surface area contributed by atoms with Gasteiger partial charge in [-0.05, 0) is 55.5 Å². The molecule has 5 nitrogen and oxygen atoms in total. The van der Waals surface area contributed by atoms with Crippen LogP contribution in [0.1, 0.15) is 5.56 Å². The van der Waals surface area contributed by atoms with E-state index in [1.807, 2.05) is 31.2 Å². The molecule has 2 aromatic carbocycles. The number of aromatic nitrogens is 2. The molecule has 0 aliphatic heterocycles. The molecule has 0 unspecified atom stereocenters. The van der Waals surface area contributed by atoms with E-state index in [1.54, 1.807) is 42.6 Å². The van der Waals surface area contributed by atoms with Crippen molar-refractivity contribution in [1.29, 1.82) is 0 Å². The second kappa shape index (κ2) is 6.51. The number of nitrogens with zero attached hydrogens (tertiary/aromatic N) is 2. The summed E-state index contributed by atoms with van der Waals surface area (Å²) in [6.45, 7) is 1.92. The van der Waals surface area contributed by atoms with Crippen molar-refractivity contribution < 1.29 is 8.42 Å². The lowest BCUT2D eigenvalue weighted by Crippen LogP contribution is -2.12. The van der Waals surface area contributed by atoms with Gasteiger partial charge < -0.3 is 0 Å². The Bertz CT molecular complexity index is 1130. The lowest BCUT2D eigenvalue weighted by molar-refractivity contribution is 0.601. The minimum absolute atomic E-state index is 0.240. The Hall–Kier alpha value is -2.77. The second-order valence-electron chi connectivity index (χ2n) is 5.84. The molecule has 0 radical (unpaired) electrons. The highest BCUT2D eigenvalue weighted by molar-refractivity contribution is 7.92. The summed E-state index contributed by atoms with van der Waals surface area (Å²) >= 11 is 1.51. The summed E-state index contributed by atoms with van der Waals surface area (Å²) in [6.07, 6.45) is 1.74. The summed E-state index contributed by atoms with van der Waals surface area (Å²) in [5, 5.41) is 0.853. The molecule has 0 aliphatic carbocycles. The van der Waals surface area contributed by atoms with Crippen LogP contribution in [0.2, 0.25) is 0 Å². The van der Waals surface area contributed by atoms with Crippen LogP contribution in [-0.2, 0) is 10.0 Å². The van der Waals surface area contributed by atoms with Crippen molar-refractivity contribution in [3.05, 3.63) is 72.4 Å². The number of thiazole rings is 1. The Balaban J connectivity index is 1.58. The average molecular weight is 381 g/mol. The highest BCUT2D eigenvalue weighted by atomic mass is 32.2. The summed E-state index contributed by atoms with van der Waals surface area (Å²) in [4.78, 5) is 9.98. The largest absolute Gasteiger partial charge is 0.280 e. The molecule has 0 saturated heterocycles. The van der Waals surface area contributed by atoms with Gasteiger partial charge in [-0.2, -0.15) is 0 Å². The van der Waals surface area contributed by atoms with Crippen LogP contribution < -0.4 is 4.72 Å². The fourth-order valence-electron chi connectivity index (χ4n) is 2.51. The van der Waals surface area contributed by atoms with E-state index in [-0.39, 0.29) is 4.90 Å². The Labute approximate surface area is 155 Å². The highest BCUT2D eigenvalue weighted by Crippen LogP contribution is 2.29. The number of benzene rings is 2.